The van der Waals surface area contributed by atoms with Gasteiger partial charge in [0.15, 0.2) is 11.4 Å². The highest BCUT2D eigenvalue weighted by atomic mass is 16.6. The lowest BCUT2D eigenvalue weighted by atomic mass is 9.58. The molecule has 0 fully saturated rings. The molecule has 0 radical (unpaired) electrons. The molecule has 12 heteroatoms. The molecule has 0 saturated heterocycles. The molecule has 0 saturated carbocycles. The second kappa shape index (κ2) is 10.5. The lowest BCUT2D eigenvalue weighted by Gasteiger charge is -2.50. The molecule has 4 unspecified atom stereocenters. The minimum Gasteiger partial charge on any atom is -0.510 e. The van der Waals surface area contributed by atoms with E-state index in [0.717, 1.165) is 0 Å². The summed E-state index contributed by atoms with van der Waals surface area (Å²) in [5.41, 5.74) is 3.12. The van der Waals surface area contributed by atoms with Gasteiger partial charge < -0.3 is 30.9 Å². The van der Waals surface area contributed by atoms with E-state index in [1.807, 2.05) is 0 Å². The summed E-state index contributed by atoms with van der Waals surface area (Å²) in [5.74, 6) is -7.04. The largest absolute Gasteiger partial charge is 0.510 e. The number of carbonyl (C=O) groups is 4. The number of likely N-dealkylation sites (N-methyl/N-ethyl adjacent to an activating group) is 1. The predicted octanol–water partition coefficient (Wildman–Crippen LogP) is 3.13. The predicted molar refractivity (Wildman–Crippen MR) is 159 cm³/mol. The number of amides is 2. The monoisotopic (exact) mass is 605 g/mol. The zero-order valence-corrected chi connectivity index (χ0v) is 25.0. The fourth-order valence-electron chi connectivity index (χ4n) is 6.68. The van der Waals surface area contributed by atoms with Crippen molar-refractivity contribution in [1.29, 1.82) is 0 Å². The minimum absolute atomic E-state index is 0.0143. The first kappa shape index (κ1) is 30.8. The van der Waals surface area contributed by atoms with Crippen molar-refractivity contribution in [3.05, 3.63) is 70.2 Å². The Kier molecular flexibility index (Phi) is 7.34. The van der Waals surface area contributed by atoms with E-state index >= 15 is 0 Å². The van der Waals surface area contributed by atoms with Gasteiger partial charge in [0.2, 0.25) is 5.78 Å². The van der Waals surface area contributed by atoms with Crippen LogP contribution in [-0.4, -0.2) is 80.2 Å². The fourth-order valence-corrected chi connectivity index (χ4v) is 6.68. The van der Waals surface area contributed by atoms with E-state index in [9.17, 15) is 39.6 Å². The molecule has 0 aliphatic heterocycles. The number of aromatic hydroxyl groups is 1. The summed E-state index contributed by atoms with van der Waals surface area (Å²) in [6.45, 7) is 5.26. The van der Waals surface area contributed by atoms with Gasteiger partial charge in [0.25, 0.3) is 5.91 Å². The van der Waals surface area contributed by atoms with Crippen molar-refractivity contribution in [2.75, 3.05) is 19.4 Å². The van der Waals surface area contributed by atoms with Crippen molar-refractivity contribution < 1.29 is 44.3 Å². The second-order valence-electron chi connectivity index (χ2n) is 12.7. The molecule has 232 valence electrons. The second-order valence-corrected chi connectivity index (χ2v) is 12.7. The number of carbonyl (C=O) groups excluding carboxylic acids is 4. The van der Waals surface area contributed by atoms with Crippen LogP contribution in [0.1, 0.15) is 43.1 Å². The van der Waals surface area contributed by atoms with Gasteiger partial charge >= 0.3 is 6.09 Å². The number of aliphatic hydroxyl groups is 3. The van der Waals surface area contributed by atoms with Crippen molar-refractivity contribution in [1.82, 2.24) is 4.90 Å². The zero-order valence-electron chi connectivity index (χ0n) is 25.0. The molecule has 7 N–H and O–H groups in total. The Morgan fingerprint density at radius 2 is 1.68 bits per heavy atom. The van der Waals surface area contributed by atoms with E-state index < -0.39 is 69.7 Å². The molecule has 0 bridgehead atoms. The normalized spacial score (nSPS) is 24.9. The summed E-state index contributed by atoms with van der Waals surface area (Å²) in [7, 11) is 3.15. The molecular formula is C32H35N3O9. The van der Waals surface area contributed by atoms with Crippen molar-refractivity contribution in [2.45, 2.75) is 50.9 Å². The summed E-state index contributed by atoms with van der Waals surface area (Å²) in [5, 5.41) is 47.6. The standard InChI is InChI=1S/C32H35N3O9/c1-31(2,3)44-30(42)34-16-8-6-14(7-9-16)17-10-11-20(36)22-18(17)12-15-13-19-24(35(4)5)26(38)23(29(33)41)28(40)32(19,43)27(39)21(15)25(22)37/h6-11,15,19,24,36,38-39,43H,12-13H2,1-5H3,(H2,33,41)(H,34,42). The van der Waals surface area contributed by atoms with Crippen molar-refractivity contribution in [2.24, 2.45) is 17.6 Å². The third-order valence-electron chi connectivity index (χ3n) is 8.45. The molecule has 5 rings (SSSR count). The number of allylic oxidation sites excluding steroid dienone is 1. The number of nitrogens with two attached hydrogens (primary N) is 1. The van der Waals surface area contributed by atoms with E-state index in [2.05, 4.69) is 5.32 Å². The van der Waals surface area contributed by atoms with Gasteiger partial charge in [-0.25, -0.2) is 4.79 Å². The molecule has 4 atom stereocenters. The minimum atomic E-state index is -2.70. The van der Waals surface area contributed by atoms with Gasteiger partial charge in [-0.1, -0.05) is 18.2 Å². The quantitative estimate of drug-likeness (QED) is 0.281. The molecular weight excluding hydrogens is 570 g/mol. The number of phenolic OH excluding ortho intramolecular Hbond substituents is 1. The number of hydrogen-bond acceptors (Lipinski definition) is 10. The molecule has 2 aromatic rings. The van der Waals surface area contributed by atoms with Gasteiger partial charge in [-0.15, -0.1) is 0 Å². The number of nitrogens with one attached hydrogen (secondary N) is 1. The van der Waals surface area contributed by atoms with E-state index in [1.54, 1.807) is 65.2 Å². The number of primary amides is 1. The summed E-state index contributed by atoms with van der Waals surface area (Å²) in [6, 6.07) is 8.74. The molecule has 2 amide bonds. The highest BCUT2D eigenvalue weighted by Crippen LogP contribution is 2.53. The lowest BCUT2D eigenvalue weighted by molar-refractivity contribution is -0.148. The number of anilines is 1. The number of rotatable bonds is 4. The highest BCUT2D eigenvalue weighted by Gasteiger charge is 2.63. The maximum Gasteiger partial charge on any atom is 0.412 e. The number of nitrogens with zero attached hydrogens (tertiary/aromatic N) is 1. The van der Waals surface area contributed by atoms with Gasteiger partial charge in [-0.2, -0.15) is 0 Å². The van der Waals surface area contributed by atoms with Crippen LogP contribution in [0, 0.1) is 11.8 Å². The first-order valence-corrected chi connectivity index (χ1v) is 14.1. The molecule has 2 aromatic carbocycles. The van der Waals surface area contributed by atoms with E-state index in [-0.39, 0.29) is 29.7 Å². The van der Waals surface area contributed by atoms with Crippen molar-refractivity contribution in [3.63, 3.8) is 0 Å². The van der Waals surface area contributed by atoms with Crippen molar-refractivity contribution in [3.8, 4) is 16.9 Å². The zero-order chi connectivity index (χ0) is 32.5. The Morgan fingerprint density at radius 1 is 1.05 bits per heavy atom. The third-order valence-corrected chi connectivity index (χ3v) is 8.45. The van der Waals surface area contributed by atoms with E-state index in [1.165, 1.54) is 11.0 Å². The molecule has 0 aromatic heterocycles. The smallest absolute Gasteiger partial charge is 0.412 e. The van der Waals surface area contributed by atoms with Crippen molar-refractivity contribution >= 4 is 29.3 Å². The maximum atomic E-state index is 13.9. The number of aliphatic hydroxyl groups excluding tert-OH is 2. The Labute approximate surface area is 253 Å². The van der Waals surface area contributed by atoms with Gasteiger partial charge in [0.1, 0.15) is 28.4 Å². The number of fused-ring (bicyclic) bond motifs is 3. The number of Topliss-reactive ketones (excluding diaryl/α,β-unsaturated/α-hetero) is 2. The first-order valence-electron chi connectivity index (χ1n) is 14.1. The number of hydrogen-bond donors (Lipinski definition) is 6. The Morgan fingerprint density at radius 3 is 2.25 bits per heavy atom. The fraction of sp³-hybridized carbons (Fsp3) is 0.375. The van der Waals surface area contributed by atoms with Crippen LogP contribution in [0.15, 0.2) is 59.1 Å². The van der Waals surface area contributed by atoms with Crippen LogP contribution in [-0.2, 0) is 20.7 Å². The average molecular weight is 606 g/mol. The number of ketones is 2. The SMILES string of the molecule is CN(C)C1C(O)=C(C(N)=O)C(=O)C2(O)C(O)=C3C(=O)c4c(O)ccc(-c5ccc(NC(=O)OC(C)(C)C)cc5)c4CC3CC12. The van der Waals surface area contributed by atoms with Crippen LogP contribution in [0.3, 0.4) is 0 Å². The van der Waals surface area contributed by atoms with Crippen LogP contribution in [0.2, 0.25) is 0 Å². The highest BCUT2D eigenvalue weighted by molar-refractivity contribution is 6.25. The molecule has 0 spiro atoms. The topological polar surface area (TPSA) is 200 Å². The number of benzene rings is 2. The first-order chi connectivity index (χ1) is 20.5. The van der Waals surface area contributed by atoms with E-state index in [4.69, 9.17) is 10.5 Å². The molecule has 0 heterocycles. The van der Waals surface area contributed by atoms with Gasteiger partial charge in [-0.3, -0.25) is 24.6 Å². The Bertz CT molecular complexity index is 1670. The van der Waals surface area contributed by atoms with Gasteiger partial charge in [0, 0.05) is 17.2 Å². The van der Waals surface area contributed by atoms with Crippen LogP contribution in [0.4, 0.5) is 10.5 Å². The molecule has 3 aliphatic carbocycles. The average Bonchev–Trinajstić information content (AvgIpc) is 2.90. The summed E-state index contributed by atoms with van der Waals surface area (Å²) >= 11 is 0. The summed E-state index contributed by atoms with van der Waals surface area (Å²) in [4.78, 5) is 53.2. The third kappa shape index (κ3) is 4.80. The maximum absolute atomic E-state index is 13.9. The number of phenols is 1. The van der Waals surface area contributed by atoms with Crippen LogP contribution in [0.5, 0.6) is 5.75 Å². The lowest BCUT2D eigenvalue weighted by Crippen LogP contribution is -2.63. The Balaban J connectivity index is 1.57. The van der Waals surface area contributed by atoms with E-state index in [0.29, 0.717) is 22.4 Å². The van der Waals surface area contributed by atoms with Crippen LogP contribution in [0.25, 0.3) is 11.1 Å². The van der Waals surface area contributed by atoms with Gasteiger partial charge in [0.05, 0.1) is 11.6 Å². The molecule has 12 nitrogen and oxygen atoms in total. The van der Waals surface area contributed by atoms with Gasteiger partial charge in [-0.05, 0) is 88.5 Å². The number of ether oxygens (including phenoxy) is 1. The summed E-state index contributed by atoms with van der Waals surface area (Å²) in [6.07, 6.45) is -0.481. The summed E-state index contributed by atoms with van der Waals surface area (Å²) < 4.78 is 5.29. The van der Waals surface area contributed by atoms with Crippen LogP contribution >= 0.6 is 0 Å². The Hall–Kier alpha value is -4.68. The molecule has 44 heavy (non-hydrogen) atoms. The molecule has 3 aliphatic rings. The van der Waals surface area contributed by atoms with Crippen LogP contribution < -0.4 is 11.1 Å².